The standard InChI is InChI=1S/C24H33N3O3S/c1-3-30-22(28)24(15-20-8-5-4-7-19(20)2)9-6-10-26(18-24)17-21-16-25-23(31-21)27-11-13-29-14-12-27/h4-5,7-8,16H,3,6,9-15,17-18H2,1-2H3. The molecule has 168 valence electrons. The average molecular weight is 444 g/mol. The molecular weight excluding hydrogens is 410 g/mol. The van der Waals surface area contributed by atoms with Gasteiger partial charge in [0.15, 0.2) is 5.13 Å². The van der Waals surface area contributed by atoms with Crippen LogP contribution in [0.25, 0.3) is 0 Å². The number of benzene rings is 1. The zero-order valence-electron chi connectivity index (χ0n) is 18.6. The van der Waals surface area contributed by atoms with Gasteiger partial charge in [0.2, 0.25) is 0 Å². The first-order chi connectivity index (χ1) is 15.1. The number of esters is 1. The Bertz CT molecular complexity index is 880. The molecule has 1 aromatic heterocycles. The molecule has 4 rings (SSSR count). The Labute approximate surface area is 189 Å². The molecule has 0 bridgehead atoms. The Balaban J connectivity index is 1.49. The molecular formula is C24H33N3O3S. The summed E-state index contributed by atoms with van der Waals surface area (Å²) in [4.78, 5) is 23.8. The number of rotatable bonds is 7. The Morgan fingerprint density at radius 2 is 2.06 bits per heavy atom. The Kier molecular flexibility index (Phi) is 7.25. The smallest absolute Gasteiger partial charge is 0.313 e. The second kappa shape index (κ2) is 10.1. The quantitative estimate of drug-likeness (QED) is 0.609. The molecule has 6 nitrogen and oxygen atoms in total. The van der Waals surface area contributed by atoms with E-state index in [4.69, 9.17) is 9.47 Å². The van der Waals surface area contributed by atoms with Gasteiger partial charge in [-0.05, 0) is 50.8 Å². The molecule has 0 amide bonds. The molecule has 2 aliphatic rings. The van der Waals surface area contributed by atoms with Crippen molar-refractivity contribution in [2.24, 2.45) is 5.41 Å². The first kappa shape index (κ1) is 22.2. The third-order valence-electron chi connectivity index (χ3n) is 6.36. The van der Waals surface area contributed by atoms with Gasteiger partial charge in [0, 0.05) is 37.3 Å². The van der Waals surface area contributed by atoms with Crippen molar-refractivity contribution < 1.29 is 14.3 Å². The van der Waals surface area contributed by atoms with Crippen LogP contribution in [-0.2, 0) is 27.2 Å². The minimum absolute atomic E-state index is 0.0544. The number of nitrogens with zero attached hydrogens (tertiary/aromatic N) is 3. The lowest BCUT2D eigenvalue weighted by molar-refractivity contribution is -0.159. The van der Waals surface area contributed by atoms with E-state index in [1.165, 1.54) is 16.0 Å². The van der Waals surface area contributed by atoms with Crippen LogP contribution in [0.1, 0.15) is 35.8 Å². The lowest BCUT2D eigenvalue weighted by Crippen LogP contribution is -2.49. The fourth-order valence-electron chi connectivity index (χ4n) is 4.69. The van der Waals surface area contributed by atoms with Crippen molar-refractivity contribution in [3.63, 3.8) is 0 Å². The van der Waals surface area contributed by atoms with Gasteiger partial charge in [-0.2, -0.15) is 0 Å². The van der Waals surface area contributed by atoms with Crippen molar-refractivity contribution in [3.05, 3.63) is 46.5 Å². The van der Waals surface area contributed by atoms with Gasteiger partial charge in [-0.25, -0.2) is 4.98 Å². The molecule has 1 atom stereocenters. The number of piperidine rings is 1. The first-order valence-electron chi connectivity index (χ1n) is 11.3. The average Bonchev–Trinajstić information content (AvgIpc) is 3.25. The van der Waals surface area contributed by atoms with Gasteiger partial charge in [0.25, 0.3) is 0 Å². The van der Waals surface area contributed by atoms with E-state index in [1.54, 1.807) is 11.3 Å². The summed E-state index contributed by atoms with van der Waals surface area (Å²) in [5.74, 6) is -0.0544. The molecule has 2 aromatic rings. The van der Waals surface area contributed by atoms with Gasteiger partial charge in [-0.1, -0.05) is 24.3 Å². The van der Waals surface area contributed by atoms with Gasteiger partial charge < -0.3 is 14.4 Å². The van der Waals surface area contributed by atoms with Gasteiger partial charge in [0.1, 0.15) is 0 Å². The van der Waals surface area contributed by atoms with E-state index in [9.17, 15) is 4.79 Å². The second-order valence-corrected chi connectivity index (χ2v) is 9.72. The molecule has 3 heterocycles. The number of hydrogen-bond acceptors (Lipinski definition) is 7. The normalized spacial score (nSPS) is 22.5. The van der Waals surface area contributed by atoms with E-state index in [-0.39, 0.29) is 5.97 Å². The number of aromatic nitrogens is 1. The van der Waals surface area contributed by atoms with Crippen LogP contribution >= 0.6 is 11.3 Å². The zero-order valence-corrected chi connectivity index (χ0v) is 19.5. The Morgan fingerprint density at radius 1 is 1.26 bits per heavy atom. The molecule has 2 fully saturated rings. The lowest BCUT2D eigenvalue weighted by atomic mass is 9.74. The predicted octanol–water partition coefficient (Wildman–Crippen LogP) is 3.68. The molecule has 31 heavy (non-hydrogen) atoms. The van der Waals surface area contributed by atoms with E-state index in [0.29, 0.717) is 6.61 Å². The van der Waals surface area contributed by atoms with Crippen molar-refractivity contribution in [3.8, 4) is 0 Å². The molecule has 0 radical (unpaired) electrons. The molecule has 1 unspecified atom stereocenters. The van der Waals surface area contributed by atoms with Crippen molar-refractivity contribution in [1.29, 1.82) is 0 Å². The molecule has 2 saturated heterocycles. The van der Waals surface area contributed by atoms with Crippen LogP contribution in [0.15, 0.2) is 30.5 Å². The number of morpholine rings is 1. The maximum absolute atomic E-state index is 13.2. The van der Waals surface area contributed by atoms with E-state index < -0.39 is 5.41 Å². The fourth-order valence-corrected chi connectivity index (χ4v) is 5.70. The summed E-state index contributed by atoms with van der Waals surface area (Å²) < 4.78 is 11.0. The summed E-state index contributed by atoms with van der Waals surface area (Å²) in [6.45, 7) is 10.3. The van der Waals surface area contributed by atoms with Crippen molar-refractivity contribution >= 4 is 22.4 Å². The first-order valence-corrected chi connectivity index (χ1v) is 12.1. The number of carbonyl (C=O) groups is 1. The third-order valence-corrected chi connectivity index (χ3v) is 7.40. The van der Waals surface area contributed by atoms with E-state index in [0.717, 1.165) is 70.3 Å². The fraction of sp³-hybridized carbons (Fsp3) is 0.583. The number of hydrogen-bond donors (Lipinski definition) is 0. The topological polar surface area (TPSA) is 54.9 Å². The maximum atomic E-state index is 13.2. The molecule has 0 aliphatic carbocycles. The largest absolute Gasteiger partial charge is 0.466 e. The van der Waals surface area contributed by atoms with Gasteiger partial charge in [-0.15, -0.1) is 11.3 Å². The summed E-state index contributed by atoms with van der Waals surface area (Å²) in [5, 5.41) is 1.08. The lowest BCUT2D eigenvalue weighted by Gasteiger charge is -2.41. The predicted molar refractivity (Wildman–Crippen MR) is 124 cm³/mol. The highest BCUT2D eigenvalue weighted by molar-refractivity contribution is 7.15. The summed E-state index contributed by atoms with van der Waals surface area (Å²) in [7, 11) is 0. The van der Waals surface area contributed by atoms with Crippen molar-refractivity contribution in [2.45, 2.75) is 39.7 Å². The molecule has 7 heteroatoms. The van der Waals surface area contributed by atoms with E-state index in [1.807, 2.05) is 13.1 Å². The summed E-state index contributed by atoms with van der Waals surface area (Å²) in [6.07, 6.45) is 4.60. The number of thiazole rings is 1. The number of ether oxygens (including phenoxy) is 2. The van der Waals surface area contributed by atoms with Crippen LogP contribution in [0, 0.1) is 12.3 Å². The number of anilines is 1. The highest BCUT2D eigenvalue weighted by Gasteiger charge is 2.43. The highest BCUT2D eigenvalue weighted by Crippen LogP contribution is 2.37. The zero-order chi connectivity index (χ0) is 21.7. The molecule has 0 N–H and O–H groups in total. The SMILES string of the molecule is CCOC(=O)C1(Cc2ccccc2C)CCCN(Cc2cnc(N3CCOCC3)s2)C1. The minimum atomic E-state index is -0.488. The van der Waals surface area contributed by atoms with Crippen molar-refractivity contribution in [1.82, 2.24) is 9.88 Å². The number of aryl methyl sites for hydroxylation is 1. The molecule has 0 saturated carbocycles. The molecule has 1 aromatic carbocycles. The van der Waals surface area contributed by atoms with Gasteiger partial charge in [-0.3, -0.25) is 9.69 Å². The van der Waals surface area contributed by atoms with Crippen LogP contribution < -0.4 is 4.90 Å². The third kappa shape index (κ3) is 5.27. The van der Waals surface area contributed by atoms with E-state index >= 15 is 0 Å². The number of likely N-dealkylation sites (tertiary alicyclic amines) is 1. The Morgan fingerprint density at radius 3 is 2.84 bits per heavy atom. The molecule has 0 spiro atoms. The van der Waals surface area contributed by atoms with Crippen LogP contribution in [0.3, 0.4) is 0 Å². The van der Waals surface area contributed by atoms with Gasteiger partial charge >= 0.3 is 5.97 Å². The van der Waals surface area contributed by atoms with Crippen LogP contribution in [0.4, 0.5) is 5.13 Å². The molecule has 2 aliphatic heterocycles. The summed E-state index contributed by atoms with van der Waals surface area (Å²) >= 11 is 1.76. The highest BCUT2D eigenvalue weighted by atomic mass is 32.1. The van der Waals surface area contributed by atoms with Crippen LogP contribution in [0.2, 0.25) is 0 Å². The summed E-state index contributed by atoms with van der Waals surface area (Å²) in [6, 6.07) is 8.39. The second-order valence-electron chi connectivity index (χ2n) is 8.63. The number of carbonyl (C=O) groups excluding carboxylic acids is 1. The Hall–Kier alpha value is -1.96. The van der Waals surface area contributed by atoms with E-state index in [2.05, 4.69) is 46.0 Å². The minimum Gasteiger partial charge on any atom is -0.466 e. The summed E-state index contributed by atoms with van der Waals surface area (Å²) in [5.41, 5.74) is 1.99. The van der Waals surface area contributed by atoms with Gasteiger partial charge in [0.05, 0.1) is 25.2 Å². The van der Waals surface area contributed by atoms with Crippen LogP contribution in [-0.4, -0.2) is 61.9 Å². The maximum Gasteiger partial charge on any atom is 0.313 e. The van der Waals surface area contributed by atoms with Crippen molar-refractivity contribution in [2.75, 3.05) is 50.9 Å². The van der Waals surface area contributed by atoms with Crippen LogP contribution in [0.5, 0.6) is 0 Å². The monoisotopic (exact) mass is 443 g/mol.